The Hall–Kier alpha value is -1.51. The van der Waals surface area contributed by atoms with Crippen LogP contribution in [0.3, 0.4) is 0 Å². The van der Waals surface area contributed by atoms with E-state index in [2.05, 4.69) is 28.4 Å². The highest BCUT2D eigenvalue weighted by Gasteiger charge is 2.26. The van der Waals surface area contributed by atoms with Crippen molar-refractivity contribution in [2.45, 2.75) is 37.0 Å². The van der Waals surface area contributed by atoms with Crippen LogP contribution in [0.5, 0.6) is 0 Å². The monoisotopic (exact) mass is 303 g/mol. The minimum Gasteiger partial charge on any atom is -0.348 e. The Morgan fingerprint density at radius 2 is 2.33 bits per heavy atom. The first-order valence-electron chi connectivity index (χ1n) is 7.23. The first-order chi connectivity index (χ1) is 10.3. The number of nitrogens with zero attached hydrogens (tertiary/aromatic N) is 1. The second-order valence-corrected chi connectivity index (χ2v) is 6.14. The number of carbonyl (C=O) groups is 1. The highest BCUT2D eigenvalue weighted by molar-refractivity contribution is 7.99. The summed E-state index contributed by atoms with van der Waals surface area (Å²) < 4.78 is 0. The van der Waals surface area contributed by atoms with Crippen molar-refractivity contribution in [2.75, 3.05) is 12.8 Å². The molecule has 0 radical (unpaired) electrons. The molecule has 0 aromatic carbocycles. The van der Waals surface area contributed by atoms with E-state index in [1.807, 2.05) is 11.8 Å². The van der Waals surface area contributed by atoms with Crippen molar-refractivity contribution < 1.29 is 4.79 Å². The Kier molecular flexibility index (Phi) is 6.09. The van der Waals surface area contributed by atoms with Crippen LogP contribution in [0.2, 0.25) is 0 Å². The summed E-state index contributed by atoms with van der Waals surface area (Å²) in [6, 6.07) is 1.96. The molecule has 0 spiro atoms. The van der Waals surface area contributed by atoms with Crippen LogP contribution in [-0.2, 0) is 0 Å². The predicted octanol–water partition coefficient (Wildman–Crippen LogP) is 1.80. The summed E-state index contributed by atoms with van der Waals surface area (Å²) in [7, 11) is 0. The van der Waals surface area contributed by atoms with Gasteiger partial charge in [0.25, 0.3) is 5.91 Å². The number of rotatable bonds is 3. The normalized spacial score (nSPS) is 21.2. The highest BCUT2D eigenvalue weighted by atomic mass is 32.2. The topological polar surface area (TPSA) is 68.0 Å². The number of nitrogens with two attached hydrogens (primary N) is 1. The Bertz CT molecular complexity index is 550. The second kappa shape index (κ2) is 8.06. The van der Waals surface area contributed by atoms with Gasteiger partial charge < -0.3 is 11.1 Å². The van der Waals surface area contributed by atoms with E-state index in [0.29, 0.717) is 16.4 Å². The highest BCUT2D eigenvalue weighted by Crippen LogP contribution is 2.27. The molecule has 4 nitrogen and oxygen atoms in total. The number of thioether (sulfide) groups is 1. The van der Waals surface area contributed by atoms with E-state index in [1.165, 1.54) is 19.3 Å². The lowest BCUT2D eigenvalue weighted by atomic mass is 9.94. The van der Waals surface area contributed by atoms with E-state index in [9.17, 15) is 4.79 Å². The maximum Gasteiger partial charge on any atom is 0.252 e. The van der Waals surface area contributed by atoms with Crippen molar-refractivity contribution in [3.05, 3.63) is 29.6 Å². The average molecular weight is 303 g/mol. The Balaban J connectivity index is 2.13. The summed E-state index contributed by atoms with van der Waals surface area (Å²) in [5.74, 6) is 5.62. The smallest absolute Gasteiger partial charge is 0.252 e. The molecule has 2 unspecified atom stereocenters. The molecule has 0 aliphatic heterocycles. The molecule has 0 saturated heterocycles. The molecule has 1 saturated carbocycles. The molecule has 112 valence electrons. The molecule has 1 aliphatic carbocycles. The molecular formula is C16H21N3OS. The van der Waals surface area contributed by atoms with Crippen molar-refractivity contribution >= 4 is 17.7 Å². The van der Waals surface area contributed by atoms with Gasteiger partial charge in [0, 0.05) is 23.7 Å². The van der Waals surface area contributed by atoms with Crippen LogP contribution < -0.4 is 11.1 Å². The molecule has 5 heteroatoms. The van der Waals surface area contributed by atoms with Crippen molar-refractivity contribution in [2.24, 2.45) is 5.73 Å². The zero-order valence-electron chi connectivity index (χ0n) is 12.3. The van der Waals surface area contributed by atoms with Gasteiger partial charge in [0.15, 0.2) is 0 Å². The van der Waals surface area contributed by atoms with E-state index < -0.39 is 0 Å². The molecule has 1 aliphatic rings. The van der Waals surface area contributed by atoms with E-state index in [1.54, 1.807) is 18.5 Å². The van der Waals surface area contributed by atoms with Crippen molar-refractivity contribution in [3.63, 3.8) is 0 Å². The standard InChI is InChI=1S/C16H21N3OS/c1-21-15-7-3-2-6-14(15)19-16(20)13-8-10-18-11-12(13)5-4-9-17/h8,10-11,14-15H,2-3,6-7,9,17H2,1H3,(H,19,20). The molecule has 21 heavy (non-hydrogen) atoms. The largest absolute Gasteiger partial charge is 0.348 e. The number of nitrogens with one attached hydrogen (secondary N) is 1. The fourth-order valence-corrected chi connectivity index (χ4v) is 3.56. The predicted molar refractivity (Wildman–Crippen MR) is 87.2 cm³/mol. The van der Waals surface area contributed by atoms with E-state index >= 15 is 0 Å². The van der Waals surface area contributed by atoms with E-state index in [4.69, 9.17) is 5.73 Å². The summed E-state index contributed by atoms with van der Waals surface area (Å²) in [5, 5.41) is 3.67. The molecule has 3 N–H and O–H groups in total. The molecule has 1 aromatic heterocycles. The zero-order valence-corrected chi connectivity index (χ0v) is 13.1. The fourth-order valence-electron chi connectivity index (χ4n) is 2.63. The average Bonchev–Trinajstić information content (AvgIpc) is 2.53. The summed E-state index contributed by atoms with van der Waals surface area (Å²) in [6.07, 6.45) is 9.99. The van der Waals surface area contributed by atoms with Crippen molar-refractivity contribution in [3.8, 4) is 11.8 Å². The Morgan fingerprint density at radius 3 is 3.10 bits per heavy atom. The first-order valence-corrected chi connectivity index (χ1v) is 8.51. The third-order valence-electron chi connectivity index (χ3n) is 3.71. The third-order valence-corrected chi connectivity index (χ3v) is 4.88. The number of carbonyl (C=O) groups excluding carboxylic acids is 1. The van der Waals surface area contributed by atoms with Gasteiger partial charge in [-0.25, -0.2) is 0 Å². The van der Waals surface area contributed by atoms with E-state index in [0.717, 1.165) is 6.42 Å². The lowest BCUT2D eigenvalue weighted by Gasteiger charge is -2.31. The Labute approximate surface area is 130 Å². The number of hydrogen-bond acceptors (Lipinski definition) is 4. The van der Waals surface area contributed by atoms with Crippen LogP contribution in [0.15, 0.2) is 18.5 Å². The molecular weight excluding hydrogens is 282 g/mol. The van der Waals surface area contributed by atoms with Crippen LogP contribution >= 0.6 is 11.8 Å². The van der Waals surface area contributed by atoms with Gasteiger partial charge in [0.05, 0.1) is 17.7 Å². The molecule has 2 rings (SSSR count). The maximum absolute atomic E-state index is 12.5. The van der Waals surface area contributed by atoms with Crippen molar-refractivity contribution in [1.82, 2.24) is 10.3 Å². The summed E-state index contributed by atoms with van der Waals surface area (Å²) in [5.41, 5.74) is 6.61. The molecule has 0 bridgehead atoms. The summed E-state index contributed by atoms with van der Waals surface area (Å²) in [6.45, 7) is 0.271. The summed E-state index contributed by atoms with van der Waals surface area (Å²) in [4.78, 5) is 16.5. The van der Waals surface area contributed by atoms with Crippen LogP contribution in [0.25, 0.3) is 0 Å². The lowest BCUT2D eigenvalue weighted by molar-refractivity contribution is 0.0929. The quantitative estimate of drug-likeness (QED) is 0.836. The molecule has 2 atom stereocenters. The van der Waals surface area contributed by atoms with Gasteiger partial charge in [0.1, 0.15) is 0 Å². The van der Waals surface area contributed by atoms with Crippen molar-refractivity contribution in [1.29, 1.82) is 0 Å². The van der Waals surface area contributed by atoms with Crippen LogP contribution in [0.4, 0.5) is 0 Å². The van der Waals surface area contributed by atoms with Gasteiger partial charge in [-0.2, -0.15) is 11.8 Å². The summed E-state index contributed by atoms with van der Waals surface area (Å²) >= 11 is 1.84. The molecule has 1 amide bonds. The van der Waals surface area contributed by atoms with Gasteiger partial charge >= 0.3 is 0 Å². The van der Waals surface area contributed by atoms with E-state index in [-0.39, 0.29) is 18.5 Å². The number of hydrogen-bond donors (Lipinski definition) is 2. The fraction of sp³-hybridized carbons (Fsp3) is 0.500. The van der Waals surface area contributed by atoms with Gasteiger partial charge in [-0.1, -0.05) is 24.7 Å². The Morgan fingerprint density at radius 1 is 1.52 bits per heavy atom. The number of amides is 1. The SMILES string of the molecule is CSC1CCCCC1NC(=O)c1ccncc1C#CCN. The maximum atomic E-state index is 12.5. The van der Waals surface area contributed by atoms with Gasteiger partial charge in [-0.05, 0) is 25.2 Å². The third kappa shape index (κ3) is 4.23. The molecule has 1 heterocycles. The number of pyridine rings is 1. The van der Waals surface area contributed by atoms with Gasteiger partial charge in [-0.15, -0.1) is 0 Å². The number of aromatic nitrogens is 1. The molecule has 1 aromatic rings. The van der Waals surface area contributed by atoms with Gasteiger partial charge in [-0.3, -0.25) is 9.78 Å². The van der Waals surface area contributed by atoms with Crippen LogP contribution in [0, 0.1) is 11.8 Å². The minimum absolute atomic E-state index is 0.0651. The lowest BCUT2D eigenvalue weighted by Crippen LogP contribution is -2.43. The van der Waals surface area contributed by atoms with Crippen LogP contribution in [0.1, 0.15) is 41.6 Å². The zero-order chi connectivity index (χ0) is 15.1. The minimum atomic E-state index is -0.0651. The molecule has 1 fully saturated rings. The second-order valence-electron chi connectivity index (χ2n) is 5.07. The first kappa shape index (κ1) is 15.9. The van der Waals surface area contributed by atoms with Crippen LogP contribution in [-0.4, -0.2) is 35.0 Å². The van der Waals surface area contributed by atoms with Gasteiger partial charge in [0.2, 0.25) is 0 Å².